The molecule has 5 nitrogen and oxygen atoms in total. The highest BCUT2D eigenvalue weighted by Gasteiger charge is 2.27. The largest absolute Gasteiger partial charge is 0.395 e. The summed E-state index contributed by atoms with van der Waals surface area (Å²) in [4.78, 5) is 16.3. The van der Waals surface area contributed by atoms with Gasteiger partial charge in [0, 0.05) is 37.1 Å². The van der Waals surface area contributed by atoms with E-state index in [1.54, 1.807) is 17.7 Å². The average Bonchev–Trinajstić information content (AvgIpc) is 3.17. The molecule has 0 unspecified atom stereocenters. The van der Waals surface area contributed by atoms with Crippen molar-refractivity contribution < 1.29 is 5.11 Å². The minimum Gasteiger partial charge on any atom is -0.395 e. The molecule has 0 radical (unpaired) electrons. The summed E-state index contributed by atoms with van der Waals surface area (Å²) in [6, 6.07) is 13.3. The first-order valence-corrected chi connectivity index (χ1v) is 11.0. The van der Waals surface area contributed by atoms with Crippen LogP contribution in [0.3, 0.4) is 0 Å². The zero-order valence-corrected chi connectivity index (χ0v) is 17.2. The van der Waals surface area contributed by atoms with Crippen LogP contribution in [0, 0.1) is 0 Å². The summed E-state index contributed by atoms with van der Waals surface area (Å²) < 4.78 is 0. The zero-order chi connectivity index (χ0) is 19.3. The van der Waals surface area contributed by atoms with Gasteiger partial charge in [0.25, 0.3) is 0 Å². The van der Waals surface area contributed by atoms with Gasteiger partial charge in [-0.05, 0) is 30.9 Å². The maximum atomic E-state index is 9.71. The van der Waals surface area contributed by atoms with Crippen LogP contribution in [0.25, 0.3) is 10.2 Å². The number of likely N-dealkylation sites (tertiary alicyclic amines) is 1. The van der Waals surface area contributed by atoms with Crippen molar-refractivity contribution in [2.45, 2.75) is 38.8 Å². The number of hydrogen-bond donors (Lipinski definition) is 1. The molecule has 0 atom stereocenters. The molecular weight excluding hydrogens is 368 g/mol. The van der Waals surface area contributed by atoms with Gasteiger partial charge < -0.3 is 10.0 Å². The van der Waals surface area contributed by atoms with Gasteiger partial charge in [-0.3, -0.25) is 4.90 Å². The number of anilines is 1. The van der Waals surface area contributed by atoms with Crippen LogP contribution in [0.1, 0.15) is 30.2 Å². The second-order valence-electron chi connectivity index (χ2n) is 7.39. The third-order valence-electron chi connectivity index (χ3n) is 5.57. The predicted octanol–water partition coefficient (Wildman–Crippen LogP) is 3.72. The molecule has 1 N–H and O–H groups in total. The predicted molar refractivity (Wildman–Crippen MR) is 116 cm³/mol. The van der Waals surface area contributed by atoms with Crippen LogP contribution in [-0.2, 0) is 13.0 Å². The molecule has 6 heteroatoms. The van der Waals surface area contributed by atoms with Crippen molar-refractivity contribution in [3.63, 3.8) is 0 Å². The smallest absolute Gasteiger partial charge is 0.141 e. The highest BCUT2D eigenvalue weighted by molar-refractivity contribution is 7.18. The number of thiophene rings is 1. The summed E-state index contributed by atoms with van der Waals surface area (Å²) in [5, 5.41) is 10.8. The van der Waals surface area contributed by atoms with Crippen LogP contribution in [-0.4, -0.2) is 52.3 Å². The maximum Gasteiger partial charge on any atom is 0.141 e. The second-order valence-corrected chi connectivity index (χ2v) is 8.51. The molecule has 0 amide bonds. The molecule has 1 aliphatic heterocycles. The van der Waals surface area contributed by atoms with Crippen LogP contribution in [0.2, 0.25) is 0 Å². The molecule has 1 saturated heterocycles. The lowest BCUT2D eigenvalue weighted by atomic mass is 10.0. The Morgan fingerprint density at radius 2 is 1.96 bits per heavy atom. The number of aliphatic hydroxyl groups excluding tert-OH is 1. The van der Waals surface area contributed by atoms with Crippen LogP contribution in [0.4, 0.5) is 5.82 Å². The molecule has 2 aromatic heterocycles. The minimum absolute atomic E-state index is 0.139. The first-order valence-electron chi connectivity index (χ1n) is 10.2. The maximum absolute atomic E-state index is 9.71. The normalized spacial score (nSPS) is 15.9. The van der Waals surface area contributed by atoms with Gasteiger partial charge in [0.05, 0.1) is 12.0 Å². The van der Waals surface area contributed by atoms with Crippen molar-refractivity contribution in [1.82, 2.24) is 14.9 Å². The van der Waals surface area contributed by atoms with Crippen molar-refractivity contribution in [1.29, 1.82) is 0 Å². The van der Waals surface area contributed by atoms with Crippen molar-refractivity contribution in [2.75, 3.05) is 31.1 Å². The van der Waals surface area contributed by atoms with E-state index >= 15 is 0 Å². The molecule has 0 bridgehead atoms. The first-order chi connectivity index (χ1) is 13.8. The lowest BCUT2D eigenvalue weighted by Gasteiger charge is -2.39. The molecule has 3 aromatic rings. The highest BCUT2D eigenvalue weighted by atomic mass is 32.1. The number of nitrogens with zero attached hydrogens (tertiary/aromatic N) is 4. The topological polar surface area (TPSA) is 52.5 Å². The molecule has 0 aliphatic carbocycles. The van der Waals surface area contributed by atoms with Crippen molar-refractivity contribution in [3.8, 4) is 0 Å². The summed E-state index contributed by atoms with van der Waals surface area (Å²) in [5.41, 5.74) is 1.37. The Hall–Kier alpha value is -2.02. The van der Waals surface area contributed by atoms with E-state index in [0.717, 1.165) is 54.9 Å². The summed E-state index contributed by atoms with van der Waals surface area (Å²) >= 11 is 1.75. The van der Waals surface area contributed by atoms with E-state index in [1.807, 2.05) is 0 Å². The van der Waals surface area contributed by atoms with E-state index in [-0.39, 0.29) is 6.61 Å². The molecule has 1 aromatic carbocycles. The van der Waals surface area contributed by atoms with E-state index in [4.69, 9.17) is 0 Å². The van der Waals surface area contributed by atoms with Gasteiger partial charge in [0.2, 0.25) is 0 Å². The van der Waals surface area contributed by atoms with E-state index in [2.05, 4.69) is 63.1 Å². The molecule has 148 valence electrons. The SMILES string of the molecule is CCc1cc2c(N(CCO)C3CCN(Cc4ccccc4)CC3)ncnc2s1. The molecule has 0 spiro atoms. The molecule has 1 aliphatic rings. The van der Waals surface area contributed by atoms with Crippen LogP contribution in [0.5, 0.6) is 0 Å². The number of hydrogen-bond acceptors (Lipinski definition) is 6. The Morgan fingerprint density at radius 1 is 1.18 bits per heavy atom. The van der Waals surface area contributed by atoms with Gasteiger partial charge in [0.1, 0.15) is 17.0 Å². The molecule has 4 rings (SSSR count). The van der Waals surface area contributed by atoms with E-state index < -0.39 is 0 Å². The number of fused-ring (bicyclic) bond motifs is 1. The fraction of sp³-hybridized carbons (Fsp3) is 0.455. The highest BCUT2D eigenvalue weighted by Crippen LogP contribution is 2.33. The summed E-state index contributed by atoms with van der Waals surface area (Å²) in [5.74, 6) is 0.983. The first kappa shape index (κ1) is 19.3. The summed E-state index contributed by atoms with van der Waals surface area (Å²) in [7, 11) is 0. The summed E-state index contributed by atoms with van der Waals surface area (Å²) in [6.45, 7) is 6.08. The fourth-order valence-corrected chi connectivity index (χ4v) is 5.03. The van der Waals surface area contributed by atoms with Gasteiger partial charge in [0.15, 0.2) is 0 Å². The quantitative estimate of drug-likeness (QED) is 0.660. The minimum atomic E-state index is 0.139. The molecule has 1 fully saturated rings. The second kappa shape index (κ2) is 8.99. The molecule has 3 heterocycles. The zero-order valence-electron chi connectivity index (χ0n) is 16.4. The van der Waals surface area contributed by atoms with Crippen molar-refractivity contribution in [3.05, 3.63) is 53.2 Å². The third kappa shape index (κ3) is 4.19. The number of aryl methyl sites for hydroxylation is 1. The molecule has 0 saturated carbocycles. The van der Waals surface area contributed by atoms with Gasteiger partial charge in [-0.25, -0.2) is 9.97 Å². The number of aliphatic hydroxyl groups is 1. The lowest BCUT2D eigenvalue weighted by Crippen LogP contribution is -2.46. The standard InChI is InChI=1S/C22H28N4OS/c1-2-19-14-20-21(23-16-24-22(20)28-19)26(12-13-27)18-8-10-25(11-9-18)15-17-6-4-3-5-7-17/h3-7,14,16,18,27H,2,8-13,15H2,1H3. The Morgan fingerprint density at radius 3 is 2.68 bits per heavy atom. The number of benzene rings is 1. The number of piperidine rings is 1. The number of aromatic nitrogens is 2. The Labute approximate surface area is 170 Å². The van der Waals surface area contributed by atoms with E-state index in [1.165, 1.54) is 10.4 Å². The molecular formula is C22H28N4OS. The van der Waals surface area contributed by atoms with Gasteiger partial charge in [-0.15, -0.1) is 11.3 Å². The van der Waals surface area contributed by atoms with Crippen LogP contribution in [0.15, 0.2) is 42.7 Å². The Kier molecular flexibility index (Phi) is 6.20. The van der Waals surface area contributed by atoms with Crippen molar-refractivity contribution >= 4 is 27.4 Å². The average molecular weight is 397 g/mol. The lowest BCUT2D eigenvalue weighted by molar-refractivity contribution is 0.197. The Balaban J connectivity index is 1.49. The van der Waals surface area contributed by atoms with Gasteiger partial charge >= 0.3 is 0 Å². The third-order valence-corrected chi connectivity index (χ3v) is 6.76. The Bertz CT molecular complexity index is 890. The fourth-order valence-electron chi connectivity index (χ4n) is 4.10. The van der Waals surface area contributed by atoms with E-state index in [9.17, 15) is 5.11 Å². The van der Waals surface area contributed by atoms with Gasteiger partial charge in [-0.2, -0.15) is 0 Å². The van der Waals surface area contributed by atoms with Crippen molar-refractivity contribution in [2.24, 2.45) is 0 Å². The van der Waals surface area contributed by atoms with Crippen LogP contribution < -0.4 is 4.90 Å². The van der Waals surface area contributed by atoms with E-state index in [0.29, 0.717) is 12.6 Å². The van der Waals surface area contributed by atoms with Crippen LogP contribution >= 0.6 is 11.3 Å². The molecule has 28 heavy (non-hydrogen) atoms. The summed E-state index contributed by atoms with van der Waals surface area (Å²) in [6.07, 6.45) is 4.85. The van der Waals surface area contributed by atoms with Gasteiger partial charge in [-0.1, -0.05) is 37.3 Å². The number of rotatable bonds is 7. The monoisotopic (exact) mass is 396 g/mol.